The highest BCUT2D eigenvalue weighted by Gasteiger charge is 2.32. The molecule has 0 radical (unpaired) electrons. The summed E-state index contributed by atoms with van der Waals surface area (Å²) in [6, 6.07) is 23.4. The highest BCUT2D eigenvalue weighted by Crippen LogP contribution is 2.40. The molecule has 0 saturated heterocycles. The second-order valence-electron chi connectivity index (χ2n) is 8.30. The number of fused-ring (bicyclic) bond motifs is 4. The third-order valence-corrected chi connectivity index (χ3v) is 6.50. The molecule has 0 fully saturated rings. The highest BCUT2D eigenvalue weighted by atomic mass is 16.5. The van der Waals surface area contributed by atoms with Crippen LogP contribution in [0.3, 0.4) is 0 Å². The van der Waals surface area contributed by atoms with E-state index in [0.29, 0.717) is 0 Å². The van der Waals surface area contributed by atoms with Gasteiger partial charge in [0.2, 0.25) is 0 Å². The van der Waals surface area contributed by atoms with Gasteiger partial charge in [0.25, 0.3) is 0 Å². The van der Waals surface area contributed by atoms with Gasteiger partial charge in [-0.15, -0.1) is 0 Å². The van der Waals surface area contributed by atoms with E-state index in [1.807, 2.05) is 12.1 Å². The lowest BCUT2D eigenvalue weighted by Crippen LogP contribution is -2.35. The topological polar surface area (TPSA) is 54.0 Å². The molecule has 2 aromatic heterocycles. The van der Waals surface area contributed by atoms with Gasteiger partial charge in [-0.2, -0.15) is 0 Å². The molecule has 0 spiro atoms. The quantitative estimate of drug-likeness (QED) is 0.430. The number of H-pyrrole nitrogens is 1. The summed E-state index contributed by atoms with van der Waals surface area (Å²) in [6.45, 7) is 1.76. The lowest BCUT2D eigenvalue weighted by Gasteiger charge is -2.36. The van der Waals surface area contributed by atoms with Gasteiger partial charge in [-0.1, -0.05) is 42.5 Å². The number of para-hydroxylation sites is 2. The Hall–Kier alpha value is -3.70. The molecule has 5 heteroatoms. The zero-order chi connectivity index (χ0) is 21.5. The average Bonchev–Trinajstić information content (AvgIpc) is 3.23. The van der Waals surface area contributed by atoms with Crippen molar-refractivity contribution >= 4 is 21.9 Å². The molecule has 6 rings (SSSR count). The van der Waals surface area contributed by atoms with Gasteiger partial charge < -0.3 is 9.72 Å². The number of nitrogens with zero attached hydrogens (tertiary/aromatic N) is 3. The molecule has 0 bridgehead atoms. The van der Waals surface area contributed by atoms with E-state index in [1.54, 1.807) is 19.5 Å². The number of aromatic nitrogens is 3. The van der Waals surface area contributed by atoms with E-state index in [-0.39, 0.29) is 6.04 Å². The average molecular weight is 421 g/mol. The van der Waals surface area contributed by atoms with Crippen LogP contribution in [-0.2, 0) is 13.0 Å². The zero-order valence-electron chi connectivity index (χ0n) is 18.0. The van der Waals surface area contributed by atoms with Crippen LogP contribution in [0.1, 0.15) is 28.4 Å². The third kappa shape index (κ3) is 3.13. The molecule has 1 aliphatic rings. The Morgan fingerprint density at radius 3 is 2.81 bits per heavy atom. The van der Waals surface area contributed by atoms with Crippen molar-refractivity contribution in [3.63, 3.8) is 0 Å². The first-order chi connectivity index (χ1) is 15.8. The van der Waals surface area contributed by atoms with Gasteiger partial charge in [-0.05, 0) is 47.4 Å². The fourth-order valence-corrected chi connectivity index (χ4v) is 5.05. The molecule has 0 aliphatic carbocycles. The smallest absolute Gasteiger partial charge is 0.119 e. The van der Waals surface area contributed by atoms with E-state index < -0.39 is 0 Å². The fourth-order valence-electron chi connectivity index (χ4n) is 5.05. The molecule has 1 N–H and O–H groups in total. The van der Waals surface area contributed by atoms with E-state index in [2.05, 4.69) is 74.4 Å². The summed E-state index contributed by atoms with van der Waals surface area (Å²) in [5.41, 5.74) is 8.22. The highest BCUT2D eigenvalue weighted by molar-refractivity contribution is 5.85. The van der Waals surface area contributed by atoms with E-state index in [9.17, 15) is 0 Å². The summed E-state index contributed by atoms with van der Waals surface area (Å²) in [5, 5.41) is 1.33. The van der Waals surface area contributed by atoms with Crippen LogP contribution < -0.4 is 4.74 Å². The lowest BCUT2D eigenvalue weighted by molar-refractivity contribution is 0.202. The Kier molecular flexibility index (Phi) is 4.62. The Labute approximate surface area is 186 Å². The van der Waals surface area contributed by atoms with Gasteiger partial charge in [0.05, 0.1) is 24.2 Å². The number of rotatable bonds is 4. The molecule has 5 nitrogen and oxygen atoms in total. The van der Waals surface area contributed by atoms with Crippen LogP contribution in [0, 0.1) is 0 Å². The van der Waals surface area contributed by atoms with Crippen molar-refractivity contribution in [3.05, 3.63) is 102 Å². The minimum absolute atomic E-state index is 0.105. The summed E-state index contributed by atoms with van der Waals surface area (Å²) < 4.78 is 5.56. The van der Waals surface area contributed by atoms with Gasteiger partial charge in [0, 0.05) is 42.1 Å². The van der Waals surface area contributed by atoms with E-state index in [0.717, 1.165) is 36.3 Å². The lowest BCUT2D eigenvalue weighted by atomic mass is 9.91. The van der Waals surface area contributed by atoms with Crippen molar-refractivity contribution in [2.45, 2.75) is 19.0 Å². The predicted molar refractivity (Wildman–Crippen MR) is 127 cm³/mol. The van der Waals surface area contributed by atoms with Crippen molar-refractivity contribution in [2.75, 3.05) is 13.7 Å². The minimum atomic E-state index is 0.105. The molecule has 0 saturated carbocycles. The molecule has 0 unspecified atom stereocenters. The molecule has 3 aromatic carbocycles. The second-order valence-corrected chi connectivity index (χ2v) is 8.30. The Morgan fingerprint density at radius 2 is 1.88 bits per heavy atom. The van der Waals surface area contributed by atoms with Crippen LogP contribution in [0.4, 0.5) is 0 Å². The number of aromatic amines is 1. The Bertz CT molecular complexity index is 1420. The van der Waals surface area contributed by atoms with Crippen LogP contribution in [0.25, 0.3) is 21.9 Å². The number of methoxy groups -OCH3 is 1. The SMILES string of the molecule is COc1cccc([C@H]2c3[nH]c4ccccc4c3CCN2Cc2cccc3nccnc23)c1. The number of hydrogen-bond acceptors (Lipinski definition) is 4. The zero-order valence-corrected chi connectivity index (χ0v) is 18.0. The first-order valence-corrected chi connectivity index (χ1v) is 11.0. The standard InChI is InChI=1S/C27H24N4O/c1-32-20-8-4-6-18(16-20)27-26-22(21-9-2-3-10-23(21)30-26)12-15-31(27)17-19-7-5-11-24-25(19)29-14-13-28-24/h2-11,13-14,16,27,30H,12,15,17H2,1H3/t27-/m0/s1. The monoisotopic (exact) mass is 420 g/mol. The molecule has 1 aliphatic heterocycles. The molecular formula is C27H24N4O. The van der Waals surface area contributed by atoms with Gasteiger partial charge in [0.15, 0.2) is 0 Å². The molecular weight excluding hydrogens is 396 g/mol. The fraction of sp³-hybridized carbons (Fsp3) is 0.185. The van der Waals surface area contributed by atoms with Crippen LogP contribution in [0.5, 0.6) is 5.75 Å². The molecule has 3 heterocycles. The van der Waals surface area contributed by atoms with E-state index in [1.165, 1.54) is 33.3 Å². The van der Waals surface area contributed by atoms with Crippen molar-refractivity contribution < 1.29 is 4.74 Å². The van der Waals surface area contributed by atoms with Crippen LogP contribution >= 0.6 is 0 Å². The number of benzene rings is 3. The van der Waals surface area contributed by atoms with Gasteiger partial charge in [0.1, 0.15) is 5.75 Å². The van der Waals surface area contributed by atoms with Crippen LogP contribution in [0.15, 0.2) is 79.1 Å². The summed E-state index contributed by atoms with van der Waals surface area (Å²) in [4.78, 5) is 15.4. The third-order valence-electron chi connectivity index (χ3n) is 6.50. The molecule has 1 atom stereocenters. The number of nitrogens with one attached hydrogen (secondary N) is 1. The maximum absolute atomic E-state index is 5.56. The van der Waals surface area contributed by atoms with Crippen molar-refractivity contribution in [2.24, 2.45) is 0 Å². The normalized spacial score (nSPS) is 16.3. The summed E-state index contributed by atoms with van der Waals surface area (Å²) in [6.07, 6.45) is 4.54. The molecule has 158 valence electrons. The summed E-state index contributed by atoms with van der Waals surface area (Å²) >= 11 is 0. The second kappa shape index (κ2) is 7.77. The molecule has 5 aromatic rings. The molecule has 32 heavy (non-hydrogen) atoms. The van der Waals surface area contributed by atoms with E-state index >= 15 is 0 Å². The first-order valence-electron chi connectivity index (χ1n) is 11.0. The predicted octanol–water partition coefficient (Wildman–Crippen LogP) is 5.27. The van der Waals surface area contributed by atoms with Crippen LogP contribution in [-0.4, -0.2) is 33.5 Å². The Balaban J connectivity index is 1.49. The van der Waals surface area contributed by atoms with Gasteiger partial charge in [-0.3, -0.25) is 14.9 Å². The largest absolute Gasteiger partial charge is 0.497 e. The van der Waals surface area contributed by atoms with Gasteiger partial charge in [-0.25, -0.2) is 0 Å². The number of ether oxygens (including phenoxy) is 1. The Morgan fingerprint density at radius 1 is 1.00 bits per heavy atom. The summed E-state index contributed by atoms with van der Waals surface area (Å²) in [5.74, 6) is 0.877. The summed E-state index contributed by atoms with van der Waals surface area (Å²) in [7, 11) is 1.72. The molecule has 0 amide bonds. The number of hydrogen-bond donors (Lipinski definition) is 1. The van der Waals surface area contributed by atoms with Crippen molar-refractivity contribution in [1.82, 2.24) is 19.9 Å². The maximum Gasteiger partial charge on any atom is 0.119 e. The van der Waals surface area contributed by atoms with Crippen LogP contribution in [0.2, 0.25) is 0 Å². The maximum atomic E-state index is 5.56. The van der Waals surface area contributed by atoms with Gasteiger partial charge >= 0.3 is 0 Å². The van der Waals surface area contributed by atoms with Crippen molar-refractivity contribution in [1.29, 1.82) is 0 Å². The van der Waals surface area contributed by atoms with Crippen molar-refractivity contribution in [3.8, 4) is 5.75 Å². The van der Waals surface area contributed by atoms with E-state index in [4.69, 9.17) is 4.74 Å². The first kappa shape index (κ1) is 19.0. The minimum Gasteiger partial charge on any atom is -0.497 e.